The molecule has 3 fully saturated rings. The number of Topliss-reactive ketones (excluding diaryl/α,β-unsaturated/α-hetero) is 1. The molecule has 1 amide bonds. The molecule has 0 radical (unpaired) electrons. The van der Waals surface area contributed by atoms with Crippen molar-refractivity contribution in [2.24, 2.45) is 5.41 Å². The fraction of sp³-hybridized carbons (Fsp3) is 0.462. The molecule has 1 N–H and O–H groups in total. The molecule has 8 heteroatoms. The Bertz CT molecular complexity index is 989. The fourth-order valence-electron chi connectivity index (χ4n) is 3.73. The van der Waals surface area contributed by atoms with Crippen molar-refractivity contribution < 1.29 is 33.3 Å². The minimum atomic E-state index is -1.72. The summed E-state index contributed by atoms with van der Waals surface area (Å²) >= 11 is 0. The van der Waals surface area contributed by atoms with Gasteiger partial charge < -0.3 is 29.0 Å². The zero-order valence-electron chi connectivity index (χ0n) is 20.0. The minimum absolute atomic E-state index is 0.0556. The van der Waals surface area contributed by atoms with Crippen LogP contribution in [0.15, 0.2) is 54.6 Å². The SMILES string of the molecule is CC12COC([C@@H](NC(=O)OCc3ccccc3)C(=O)c3ccc(OC(C)(C)C)cc3)(OC1)OC2. The van der Waals surface area contributed by atoms with E-state index in [0.29, 0.717) is 31.1 Å². The van der Waals surface area contributed by atoms with Crippen molar-refractivity contribution in [2.75, 3.05) is 19.8 Å². The third-order valence-electron chi connectivity index (χ3n) is 5.52. The minimum Gasteiger partial charge on any atom is -0.488 e. The van der Waals surface area contributed by atoms with Gasteiger partial charge in [-0.1, -0.05) is 37.3 Å². The van der Waals surface area contributed by atoms with Crippen LogP contribution in [0, 0.1) is 5.41 Å². The Hall–Kier alpha value is -2.94. The van der Waals surface area contributed by atoms with Crippen LogP contribution in [0.25, 0.3) is 0 Å². The van der Waals surface area contributed by atoms with Crippen LogP contribution in [-0.4, -0.2) is 49.3 Å². The molecule has 2 aromatic carbocycles. The van der Waals surface area contributed by atoms with Gasteiger partial charge in [0.1, 0.15) is 18.0 Å². The maximum absolute atomic E-state index is 13.6. The Morgan fingerprint density at radius 2 is 1.56 bits per heavy atom. The summed E-state index contributed by atoms with van der Waals surface area (Å²) in [7, 11) is 0. The number of rotatable bonds is 7. The van der Waals surface area contributed by atoms with E-state index in [2.05, 4.69) is 5.32 Å². The van der Waals surface area contributed by atoms with E-state index in [9.17, 15) is 9.59 Å². The second kappa shape index (κ2) is 9.37. The topological polar surface area (TPSA) is 92.3 Å². The lowest BCUT2D eigenvalue weighted by Crippen LogP contribution is -2.69. The summed E-state index contributed by atoms with van der Waals surface area (Å²) < 4.78 is 28.8. The van der Waals surface area contributed by atoms with Crippen LogP contribution in [0.4, 0.5) is 4.79 Å². The summed E-state index contributed by atoms with van der Waals surface area (Å²) in [6.45, 7) is 8.89. The molecule has 0 unspecified atom stereocenters. The number of nitrogens with one attached hydrogen (secondary N) is 1. The number of ketones is 1. The molecule has 0 saturated carbocycles. The monoisotopic (exact) mass is 469 g/mol. The van der Waals surface area contributed by atoms with Gasteiger partial charge >= 0.3 is 12.1 Å². The zero-order chi connectivity index (χ0) is 24.4. The molecule has 8 nitrogen and oxygen atoms in total. The molecule has 1 atom stereocenters. The highest BCUT2D eigenvalue weighted by atomic mass is 16.9. The average Bonchev–Trinajstić information content (AvgIpc) is 2.82. The van der Waals surface area contributed by atoms with E-state index in [0.717, 1.165) is 5.56 Å². The lowest BCUT2D eigenvalue weighted by molar-refractivity contribution is -0.468. The van der Waals surface area contributed by atoms with Crippen molar-refractivity contribution in [3.8, 4) is 5.75 Å². The smallest absolute Gasteiger partial charge is 0.408 e. The largest absolute Gasteiger partial charge is 0.488 e. The second-order valence-electron chi connectivity index (χ2n) is 10.0. The molecule has 2 aromatic rings. The van der Waals surface area contributed by atoms with Crippen LogP contribution in [0.2, 0.25) is 0 Å². The van der Waals surface area contributed by atoms with Crippen molar-refractivity contribution in [2.45, 2.75) is 51.9 Å². The average molecular weight is 470 g/mol. The lowest BCUT2D eigenvalue weighted by atomic mass is 9.90. The van der Waals surface area contributed by atoms with E-state index >= 15 is 0 Å². The van der Waals surface area contributed by atoms with Crippen LogP contribution < -0.4 is 10.1 Å². The van der Waals surface area contributed by atoms with Crippen molar-refractivity contribution in [3.63, 3.8) is 0 Å². The summed E-state index contributed by atoms with van der Waals surface area (Å²) in [6.07, 6.45) is -0.779. The maximum Gasteiger partial charge on any atom is 0.408 e. The van der Waals surface area contributed by atoms with Gasteiger partial charge in [0.15, 0.2) is 11.8 Å². The number of hydrogen-bond acceptors (Lipinski definition) is 7. The van der Waals surface area contributed by atoms with Crippen LogP contribution in [0.3, 0.4) is 0 Å². The van der Waals surface area contributed by atoms with Gasteiger partial charge in [0.05, 0.1) is 19.8 Å². The molecule has 0 aliphatic carbocycles. The lowest BCUT2D eigenvalue weighted by Gasteiger charge is -2.52. The third kappa shape index (κ3) is 5.58. The number of alkyl carbamates (subject to hydrolysis) is 1. The molecule has 0 aromatic heterocycles. The highest BCUT2D eigenvalue weighted by Crippen LogP contribution is 2.40. The van der Waals surface area contributed by atoms with E-state index in [-0.39, 0.29) is 17.6 Å². The molecule has 3 aliphatic heterocycles. The number of amides is 1. The first-order valence-electron chi connectivity index (χ1n) is 11.3. The molecule has 3 aliphatic rings. The number of fused-ring (bicyclic) bond motifs is 3. The van der Waals surface area contributed by atoms with Gasteiger partial charge in [0, 0.05) is 11.0 Å². The van der Waals surface area contributed by atoms with Gasteiger partial charge in [-0.2, -0.15) is 0 Å². The van der Waals surface area contributed by atoms with E-state index < -0.39 is 23.9 Å². The van der Waals surface area contributed by atoms with E-state index in [4.69, 9.17) is 23.7 Å². The number of hydrogen-bond donors (Lipinski definition) is 1. The summed E-state index contributed by atoms with van der Waals surface area (Å²) in [6, 6.07) is 14.7. The highest BCUT2D eigenvalue weighted by Gasteiger charge is 2.58. The van der Waals surface area contributed by atoms with Crippen molar-refractivity contribution in [1.82, 2.24) is 5.32 Å². The number of carbonyl (C=O) groups excluding carboxylic acids is 2. The van der Waals surface area contributed by atoms with E-state index in [1.54, 1.807) is 24.3 Å². The van der Waals surface area contributed by atoms with E-state index in [1.807, 2.05) is 58.0 Å². The molecule has 34 heavy (non-hydrogen) atoms. The quantitative estimate of drug-likeness (QED) is 0.611. The Morgan fingerprint density at radius 1 is 0.971 bits per heavy atom. The first-order valence-corrected chi connectivity index (χ1v) is 11.3. The van der Waals surface area contributed by atoms with E-state index in [1.165, 1.54) is 0 Å². The van der Waals surface area contributed by atoms with Gasteiger partial charge in [-0.15, -0.1) is 0 Å². The van der Waals surface area contributed by atoms with Gasteiger partial charge in [-0.3, -0.25) is 4.79 Å². The van der Waals surface area contributed by atoms with Crippen LogP contribution >= 0.6 is 0 Å². The predicted molar refractivity (Wildman–Crippen MR) is 123 cm³/mol. The van der Waals surface area contributed by atoms with Gasteiger partial charge in [0.2, 0.25) is 0 Å². The summed E-state index contributed by atoms with van der Waals surface area (Å²) in [5.74, 6) is -1.52. The standard InChI is InChI=1S/C26H31NO7/c1-24(2,3)34-20-12-10-19(11-13-20)21(28)22(26-31-15-25(4,16-32-26)17-33-26)27-23(29)30-14-18-8-6-5-7-9-18/h5-13,22H,14-17H2,1-4H3,(H,27,29)/t22-,25?,26?/m0/s1. The number of carbonyl (C=O) groups is 2. The molecule has 2 bridgehead atoms. The first-order chi connectivity index (χ1) is 16.1. The molecule has 3 heterocycles. The fourth-order valence-corrected chi connectivity index (χ4v) is 3.73. The first kappa shape index (κ1) is 24.2. The summed E-state index contributed by atoms with van der Waals surface area (Å²) in [4.78, 5) is 26.2. The normalized spacial score (nSPS) is 24.8. The summed E-state index contributed by atoms with van der Waals surface area (Å²) in [5, 5.41) is 2.62. The molecule has 0 spiro atoms. The number of benzene rings is 2. The van der Waals surface area contributed by atoms with Crippen LogP contribution in [-0.2, 0) is 25.6 Å². The Kier molecular flexibility index (Phi) is 6.66. The Labute approximate surface area is 199 Å². The van der Waals surface area contributed by atoms with Crippen molar-refractivity contribution in [3.05, 3.63) is 65.7 Å². The Morgan fingerprint density at radius 3 is 2.12 bits per heavy atom. The highest BCUT2D eigenvalue weighted by molar-refractivity contribution is 6.02. The molecule has 5 rings (SSSR count). The van der Waals surface area contributed by atoms with Crippen molar-refractivity contribution in [1.29, 1.82) is 0 Å². The second-order valence-corrected chi connectivity index (χ2v) is 10.0. The van der Waals surface area contributed by atoms with Gasteiger partial charge in [0.25, 0.3) is 0 Å². The van der Waals surface area contributed by atoms with Gasteiger partial charge in [-0.25, -0.2) is 4.79 Å². The zero-order valence-corrected chi connectivity index (χ0v) is 20.0. The van der Waals surface area contributed by atoms with Crippen LogP contribution in [0.5, 0.6) is 5.75 Å². The molecule has 182 valence electrons. The Balaban J connectivity index is 1.52. The number of ether oxygens (including phenoxy) is 5. The van der Waals surface area contributed by atoms with Gasteiger partial charge in [-0.05, 0) is 50.6 Å². The predicted octanol–water partition coefficient (Wildman–Crippen LogP) is 4.08. The third-order valence-corrected chi connectivity index (χ3v) is 5.52. The maximum atomic E-state index is 13.6. The summed E-state index contributed by atoms with van der Waals surface area (Å²) in [5.41, 5.74) is 0.500. The van der Waals surface area contributed by atoms with Crippen molar-refractivity contribution >= 4 is 11.9 Å². The molecule has 3 saturated heterocycles. The molecular weight excluding hydrogens is 438 g/mol. The molecular formula is C26H31NO7. The van der Waals surface area contributed by atoms with Crippen LogP contribution in [0.1, 0.15) is 43.6 Å².